The molecule has 0 aliphatic carbocycles. The van der Waals surface area contributed by atoms with Gasteiger partial charge >= 0.3 is 0 Å². The number of benzene rings is 2. The van der Waals surface area contributed by atoms with Crippen molar-refractivity contribution in [3.05, 3.63) is 59.7 Å². The van der Waals surface area contributed by atoms with Crippen LogP contribution in [-0.2, 0) is 11.2 Å². The van der Waals surface area contributed by atoms with E-state index in [2.05, 4.69) is 25.2 Å². The van der Waals surface area contributed by atoms with Crippen LogP contribution in [0.5, 0.6) is 0 Å². The molecule has 0 fully saturated rings. The highest BCUT2D eigenvalue weighted by atomic mass is 16.2. The molecule has 25 heavy (non-hydrogen) atoms. The van der Waals surface area contributed by atoms with Gasteiger partial charge < -0.3 is 10.2 Å². The summed E-state index contributed by atoms with van der Waals surface area (Å²) in [7, 11) is 0. The molecule has 1 atom stereocenters. The fourth-order valence-electron chi connectivity index (χ4n) is 3.27. The van der Waals surface area contributed by atoms with E-state index in [1.807, 2.05) is 23.1 Å². The van der Waals surface area contributed by atoms with E-state index in [4.69, 9.17) is 0 Å². The van der Waals surface area contributed by atoms with Crippen LogP contribution < -0.4 is 10.2 Å². The number of nitrogens with zero attached hydrogens (tertiary/aromatic N) is 1. The van der Waals surface area contributed by atoms with Crippen molar-refractivity contribution in [2.75, 3.05) is 10.2 Å². The number of anilines is 2. The second-order valence-electron chi connectivity index (χ2n) is 6.59. The van der Waals surface area contributed by atoms with Gasteiger partial charge in [-0.3, -0.25) is 9.59 Å². The van der Waals surface area contributed by atoms with E-state index in [1.54, 1.807) is 24.3 Å². The first-order valence-corrected chi connectivity index (χ1v) is 8.91. The van der Waals surface area contributed by atoms with Crippen molar-refractivity contribution in [1.82, 2.24) is 0 Å². The minimum atomic E-state index is 0.00121. The molecular formula is C21H24N2O2. The number of hydrogen-bond acceptors (Lipinski definition) is 2. The number of nitrogens with one attached hydrogen (secondary N) is 1. The van der Waals surface area contributed by atoms with Crippen LogP contribution in [-0.4, -0.2) is 17.9 Å². The fourth-order valence-corrected chi connectivity index (χ4v) is 3.27. The van der Waals surface area contributed by atoms with Crippen molar-refractivity contribution >= 4 is 23.2 Å². The molecule has 0 saturated heterocycles. The normalized spacial score (nSPS) is 15.8. The summed E-state index contributed by atoms with van der Waals surface area (Å²) in [5.74, 6) is 0.0179. The molecule has 2 aromatic rings. The van der Waals surface area contributed by atoms with Crippen molar-refractivity contribution < 1.29 is 9.59 Å². The lowest BCUT2D eigenvalue weighted by atomic mass is 10.1. The van der Waals surface area contributed by atoms with Gasteiger partial charge in [-0.2, -0.15) is 0 Å². The molecule has 130 valence electrons. The van der Waals surface area contributed by atoms with E-state index in [-0.39, 0.29) is 17.9 Å². The Morgan fingerprint density at radius 1 is 1.12 bits per heavy atom. The molecule has 0 saturated carbocycles. The number of unbranched alkanes of at least 4 members (excludes halogenated alkanes) is 1. The molecule has 1 unspecified atom stereocenters. The third-order valence-electron chi connectivity index (χ3n) is 4.60. The zero-order valence-electron chi connectivity index (χ0n) is 14.8. The lowest BCUT2D eigenvalue weighted by molar-refractivity contribution is -0.116. The minimum Gasteiger partial charge on any atom is -0.326 e. The monoisotopic (exact) mass is 336 g/mol. The highest BCUT2D eigenvalue weighted by molar-refractivity contribution is 6.08. The maximum absolute atomic E-state index is 12.9. The maximum atomic E-state index is 12.9. The zero-order valence-corrected chi connectivity index (χ0v) is 14.8. The molecule has 4 heteroatoms. The van der Waals surface area contributed by atoms with Crippen molar-refractivity contribution in [2.24, 2.45) is 0 Å². The van der Waals surface area contributed by atoms with E-state index >= 15 is 0 Å². The number of carbonyl (C=O) groups is 2. The Balaban J connectivity index is 1.72. The first-order chi connectivity index (χ1) is 12.1. The Labute approximate surface area is 148 Å². The van der Waals surface area contributed by atoms with Crippen LogP contribution in [0.1, 0.15) is 49.0 Å². The number of fused-ring (bicyclic) bond motifs is 1. The first kappa shape index (κ1) is 17.2. The smallest absolute Gasteiger partial charge is 0.258 e. The van der Waals surface area contributed by atoms with E-state index < -0.39 is 0 Å². The predicted molar refractivity (Wildman–Crippen MR) is 101 cm³/mol. The lowest BCUT2D eigenvalue weighted by Gasteiger charge is -2.23. The number of para-hydroxylation sites is 1. The van der Waals surface area contributed by atoms with Crippen LogP contribution in [0.15, 0.2) is 48.5 Å². The first-order valence-electron chi connectivity index (χ1n) is 8.91. The quantitative estimate of drug-likeness (QED) is 0.879. The maximum Gasteiger partial charge on any atom is 0.258 e. The zero-order chi connectivity index (χ0) is 17.8. The third kappa shape index (κ3) is 3.73. The van der Waals surface area contributed by atoms with Gasteiger partial charge in [-0.05, 0) is 55.7 Å². The van der Waals surface area contributed by atoms with Gasteiger partial charge in [0.05, 0.1) is 0 Å². The minimum absolute atomic E-state index is 0.00121. The Morgan fingerprint density at radius 3 is 2.56 bits per heavy atom. The van der Waals surface area contributed by atoms with Crippen LogP contribution >= 0.6 is 0 Å². The Morgan fingerprint density at radius 2 is 1.84 bits per heavy atom. The molecule has 3 rings (SSSR count). The Kier molecular flexibility index (Phi) is 5.17. The molecule has 2 amide bonds. The van der Waals surface area contributed by atoms with Crippen LogP contribution in [0.25, 0.3) is 0 Å². The molecule has 0 spiro atoms. The fraction of sp³-hybridized carbons (Fsp3) is 0.333. The molecule has 1 heterocycles. The van der Waals surface area contributed by atoms with Crippen molar-refractivity contribution in [1.29, 1.82) is 0 Å². The summed E-state index contributed by atoms with van der Waals surface area (Å²) >= 11 is 0. The molecular weight excluding hydrogens is 312 g/mol. The van der Waals surface area contributed by atoms with E-state index in [1.165, 1.54) is 5.56 Å². The molecule has 0 aromatic heterocycles. The van der Waals surface area contributed by atoms with E-state index in [9.17, 15) is 9.59 Å². The van der Waals surface area contributed by atoms with Gasteiger partial charge in [0.25, 0.3) is 5.91 Å². The Hall–Kier alpha value is -2.62. The summed E-state index contributed by atoms with van der Waals surface area (Å²) in [5.41, 5.74) is 3.57. The third-order valence-corrected chi connectivity index (χ3v) is 4.60. The average molecular weight is 336 g/mol. The second kappa shape index (κ2) is 7.51. The summed E-state index contributed by atoms with van der Waals surface area (Å²) in [6.45, 7) is 4.13. The van der Waals surface area contributed by atoms with Gasteiger partial charge in [-0.15, -0.1) is 0 Å². The number of carbonyl (C=O) groups excluding carboxylic acids is 2. The Bertz CT molecular complexity index is 768. The molecule has 0 radical (unpaired) electrons. The standard InChI is InChI=1S/C21H24N2O2/c1-3-4-9-20(24)22-18-12-10-16(11-13-18)21(25)23-15(2)14-17-7-5-6-8-19(17)23/h5-8,10-13,15H,3-4,9,14H2,1-2H3,(H,22,24). The van der Waals surface area contributed by atoms with Crippen molar-refractivity contribution in [2.45, 2.75) is 45.6 Å². The summed E-state index contributed by atoms with van der Waals surface area (Å²) in [6, 6.07) is 15.4. The average Bonchev–Trinajstić information content (AvgIpc) is 2.95. The molecule has 1 aliphatic heterocycles. The van der Waals surface area contributed by atoms with Crippen molar-refractivity contribution in [3.8, 4) is 0 Å². The van der Waals surface area contributed by atoms with Gasteiger partial charge in [0, 0.05) is 29.4 Å². The van der Waals surface area contributed by atoms with Gasteiger partial charge in [-0.25, -0.2) is 0 Å². The van der Waals surface area contributed by atoms with Gasteiger partial charge in [0.15, 0.2) is 0 Å². The SMILES string of the molecule is CCCCC(=O)Nc1ccc(C(=O)N2c3ccccc3CC2C)cc1. The molecule has 1 N–H and O–H groups in total. The highest BCUT2D eigenvalue weighted by Crippen LogP contribution is 2.33. The largest absolute Gasteiger partial charge is 0.326 e. The van der Waals surface area contributed by atoms with E-state index in [0.717, 1.165) is 30.6 Å². The van der Waals surface area contributed by atoms with Crippen LogP contribution in [0.3, 0.4) is 0 Å². The summed E-state index contributed by atoms with van der Waals surface area (Å²) in [6.07, 6.45) is 3.29. The molecule has 0 bridgehead atoms. The lowest BCUT2D eigenvalue weighted by Crippen LogP contribution is -2.35. The molecule has 2 aromatic carbocycles. The van der Waals surface area contributed by atoms with Crippen molar-refractivity contribution in [3.63, 3.8) is 0 Å². The molecule has 1 aliphatic rings. The topological polar surface area (TPSA) is 49.4 Å². The number of rotatable bonds is 5. The second-order valence-corrected chi connectivity index (χ2v) is 6.59. The summed E-state index contributed by atoms with van der Waals surface area (Å²) in [5, 5.41) is 2.87. The number of hydrogen-bond donors (Lipinski definition) is 1. The van der Waals surface area contributed by atoms with Crippen LogP contribution in [0.4, 0.5) is 11.4 Å². The molecule has 4 nitrogen and oxygen atoms in total. The van der Waals surface area contributed by atoms with Gasteiger partial charge in [0.1, 0.15) is 0 Å². The van der Waals surface area contributed by atoms with Crippen LogP contribution in [0.2, 0.25) is 0 Å². The summed E-state index contributed by atoms with van der Waals surface area (Å²) in [4.78, 5) is 26.6. The predicted octanol–water partition coefficient (Wildman–Crippen LogP) is 4.41. The summed E-state index contributed by atoms with van der Waals surface area (Å²) < 4.78 is 0. The van der Waals surface area contributed by atoms with Gasteiger partial charge in [0.2, 0.25) is 5.91 Å². The van der Waals surface area contributed by atoms with E-state index in [0.29, 0.717) is 12.0 Å². The highest BCUT2D eigenvalue weighted by Gasteiger charge is 2.31. The number of amides is 2. The van der Waals surface area contributed by atoms with Crippen LogP contribution in [0, 0.1) is 0 Å². The van der Waals surface area contributed by atoms with Gasteiger partial charge in [-0.1, -0.05) is 31.5 Å².